The molecule has 0 aromatic heterocycles. The van der Waals surface area contributed by atoms with Crippen LogP contribution in [0.2, 0.25) is 0 Å². The molecule has 1 unspecified atom stereocenters. The van der Waals surface area contributed by atoms with Gasteiger partial charge >= 0.3 is 0 Å². The maximum Gasteiger partial charge on any atom is 0.152 e. The van der Waals surface area contributed by atoms with E-state index in [0.717, 1.165) is 13.1 Å². The van der Waals surface area contributed by atoms with Gasteiger partial charge in [-0.2, -0.15) is 0 Å². The lowest BCUT2D eigenvalue weighted by Crippen LogP contribution is -2.46. The Morgan fingerprint density at radius 1 is 1.16 bits per heavy atom. The highest BCUT2D eigenvalue weighted by Gasteiger charge is 2.18. The number of hydrogen-bond donors (Lipinski definition) is 3. The van der Waals surface area contributed by atoms with Gasteiger partial charge in [0.1, 0.15) is 0 Å². The van der Waals surface area contributed by atoms with Crippen LogP contribution in [0.15, 0.2) is 42.2 Å². The summed E-state index contributed by atoms with van der Waals surface area (Å²) in [7, 11) is 0. The van der Waals surface area contributed by atoms with Crippen molar-refractivity contribution in [2.75, 3.05) is 19.6 Å². The molecule has 19 heavy (non-hydrogen) atoms. The number of hydrogen-bond acceptors (Lipinski definition) is 4. The molecular formula is C15H22N4. The Kier molecular flexibility index (Phi) is 4.01. The second-order valence-electron chi connectivity index (χ2n) is 5.26. The van der Waals surface area contributed by atoms with Crippen molar-refractivity contribution in [2.24, 2.45) is 0 Å². The van der Waals surface area contributed by atoms with Gasteiger partial charge in [0.25, 0.3) is 0 Å². The van der Waals surface area contributed by atoms with Crippen LogP contribution >= 0.6 is 0 Å². The zero-order valence-corrected chi connectivity index (χ0v) is 11.2. The monoisotopic (exact) mass is 258 g/mol. The van der Waals surface area contributed by atoms with Crippen LogP contribution in [0.25, 0.3) is 0 Å². The summed E-state index contributed by atoms with van der Waals surface area (Å²) in [6, 6.07) is 10.5. The first-order valence-electron chi connectivity index (χ1n) is 7.11. The summed E-state index contributed by atoms with van der Waals surface area (Å²) in [4.78, 5) is 2.50. The normalized spacial score (nSPS) is 22.9. The van der Waals surface area contributed by atoms with Crippen LogP contribution in [-0.4, -0.2) is 30.8 Å². The van der Waals surface area contributed by atoms with Crippen LogP contribution < -0.4 is 16.0 Å². The zero-order valence-electron chi connectivity index (χ0n) is 11.2. The molecule has 1 aromatic carbocycles. The Labute approximate surface area is 114 Å². The smallest absolute Gasteiger partial charge is 0.152 e. The van der Waals surface area contributed by atoms with E-state index >= 15 is 0 Å². The lowest BCUT2D eigenvalue weighted by molar-refractivity contribution is 0.353. The van der Waals surface area contributed by atoms with Gasteiger partial charge in [-0.25, -0.2) is 0 Å². The molecule has 0 bridgehead atoms. The van der Waals surface area contributed by atoms with E-state index in [-0.39, 0.29) is 6.29 Å². The molecule has 1 atom stereocenters. The van der Waals surface area contributed by atoms with Crippen molar-refractivity contribution in [3.05, 3.63) is 47.8 Å². The van der Waals surface area contributed by atoms with Crippen molar-refractivity contribution >= 4 is 0 Å². The highest BCUT2D eigenvalue weighted by Crippen LogP contribution is 2.10. The van der Waals surface area contributed by atoms with Gasteiger partial charge in [0.15, 0.2) is 6.29 Å². The molecular weight excluding hydrogens is 236 g/mol. The lowest BCUT2D eigenvalue weighted by Gasteiger charge is -2.19. The minimum Gasteiger partial charge on any atom is -0.358 e. The lowest BCUT2D eigenvalue weighted by atomic mass is 10.2. The van der Waals surface area contributed by atoms with E-state index in [2.05, 4.69) is 51.3 Å². The molecule has 1 saturated heterocycles. The third-order valence-corrected chi connectivity index (χ3v) is 3.70. The summed E-state index contributed by atoms with van der Waals surface area (Å²) < 4.78 is 0. The van der Waals surface area contributed by atoms with Gasteiger partial charge < -0.3 is 10.6 Å². The molecule has 2 aliphatic rings. The molecule has 102 valence electrons. The quantitative estimate of drug-likeness (QED) is 0.742. The number of benzene rings is 1. The average molecular weight is 258 g/mol. The van der Waals surface area contributed by atoms with E-state index in [1.165, 1.54) is 37.2 Å². The molecule has 3 N–H and O–H groups in total. The number of rotatable bonds is 5. The van der Waals surface area contributed by atoms with Crippen molar-refractivity contribution in [2.45, 2.75) is 25.7 Å². The topological polar surface area (TPSA) is 39.3 Å². The van der Waals surface area contributed by atoms with E-state index in [1.807, 2.05) is 6.07 Å². The van der Waals surface area contributed by atoms with Crippen LogP contribution in [0.3, 0.4) is 0 Å². The molecule has 0 amide bonds. The summed E-state index contributed by atoms with van der Waals surface area (Å²) in [6.07, 6.45) is 4.94. The summed E-state index contributed by atoms with van der Waals surface area (Å²) in [5.41, 5.74) is 2.59. The largest absolute Gasteiger partial charge is 0.358 e. The Balaban J connectivity index is 1.41. The van der Waals surface area contributed by atoms with Crippen LogP contribution in [0, 0.1) is 0 Å². The van der Waals surface area contributed by atoms with Gasteiger partial charge in [-0.15, -0.1) is 0 Å². The maximum atomic E-state index is 3.49. The number of nitrogens with zero attached hydrogens (tertiary/aromatic N) is 1. The molecule has 4 heteroatoms. The molecule has 1 fully saturated rings. The fourth-order valence-electron chi connectivity index (χ4n) is 2.65. The van der Waals surface area contributed by atoms with Gasteiger partial charge in [-0.1, -0.05) is 30.3 Å². The molecule has 0 saturated carbocycles. The second kappa shape index (κ2) is 6.08. The average Bonchev–Trinajstić information content (AvgIpc) is 3.10. The molecule has 4 nitrogen and oxygen atoms in total. The molecule has 2 aliphatic heterocycles. The molecule has 3 rings (SSSR count). The standard InChI is InChI=1S/C15H22N4/c1-2-6-13(7-3-1)10-16-15-17-11-14(18-15)12-19-8-4-5-9-19/h1-3,6-7,11,15-18H,4-5,8-10,12H2. The Morgan fingerprint density at radius 2 is 1.95 bits per heavy atom. The highest BCUT2D eigenvalue weighted by molar-refractivity contribution is 5.15. The van der Waals surface area contributed by atoms with E-state index in [1.54, 1.807) is 0 Å². The third-order valence-electron chi connectivity index (χ3n) is 3.70. The highest BCUT2D eigenvalue weighted by atomic mass is 15.3. The number of likely N-dealkylation sites (tertiary alicyclic amines) is 1. The predicted octanol–water partition coefficient (Wildman–Crippen LogP) is 1.19. The summed E-state index contributed by atoms with van der Waals surface area (Å²) in [5.74, 6) is 0. The molecule has 0 spiro atoms. The van der Waals surface area contributed by atoms with Gasteiger partial charge in [-0.3, -0.25) is 10.2 Å². The molecule has 2 heterocycles. The Morgan fingerprint density at radius 3 is 2.74 bits per heavy atom. The summed E-state index contributed by atoms with van der Waals surface area (Å²) in [5, 5.41) is 10.3. The minimum absolute atomic E-state index is 0.151. The maximum absolute atomic E-state index is 3.49. The first kappa shape index (κ1) is 12.5. The Hall–Kier alpha value is -1.52. The fourth-order valence-corrected chi connectivity index (χ4v) is 2.65. The van der Waals surface area contributed by atoms with Crippen molar-refractivity contribution in [3.63, 3.8) is 0 Å². The molecule has 0 radical (unpaired) electrons. The molecule has 0 aliphatic carbocycles. The van der Waals surface area contributed by atoms with Crippen LogP contribution in [0.4, 0.5) is 0 Å². The van der Waals surface area contributed by atoms with Crippen molar-refractivity contribution in [1.82, 2.24) is 20.9 Å². The zero-order chi connectivity index (χ0) is 12.9. The van der Waals surface area contributed by atoms with Crippen molar-refractivity contribution < 1.29 is 0 Å². The van der Waals surface area contributed by atoms with E-state index < -0.39 is 0 Å². The number of nitrogens with one attached hydrogen (secondary N) is 3. The van der Waals surface area contributed by atoms with Gasteiger partial charge in [0.05, 0.1) is 0 Å². The van der Waals surface area contributed by atoms with Crippen LogP contribution in [-0.2, 0) is 6.54 Å². The van der Waals surface area contributed by atoms with Crippen molar-refractivity contribution in [1.29, 1.82) is 0 Å². The predicted molar refractivity (Wildman–Crippen MR) is 77.1 cm³/mol. The summed E-state index contributed by atoms with van der Waals surface area (Å²) in [6.45, 7) is 4.38. The molecule has 1 aromatic rings. The first-order chi connectivity index (χ1) is 9.40. The Bertz CT molecular complexity index is 423. The van der Waals surface area contributed by atoms with Crippen LogP contribution in [0.5, 0.6) is 0 Å². The van der Waals surface area contributed by atoms with Crippen molar-refractivity contribution in [3.8, 4) is 0 Å². The van der Waals surface area contributed by atoms with Gasteiger partial charge in [0.2, 0.25) is 0 Å². The van der Waals surface area contributed by atoms with Gasteiger partial charge in [0, 0.05) is 25.0 Å². The fraction of sp³-hybridized carbons (Fsp3) is 0.467. The second-order valence-corrected chi connectivity index (χ2v) is 5.26. The summed E-state index contributed by atoms with van der Waals surface area (Å²) >= 11 is 0. The van der Waals surface area contributed by atoms with E-state index in [0.29, 0.717) is 0 Å². The first-order valence-corrected chi connectivity index (χ1v) is 7.11. The van der Waals surface area contributed by atoms with Crippen LogP contribution in [0.1, 0.15) is 18.4 Å². The third kappa shape index (κ3) is 3.49. The van der Waals surface area contributed by atoms with E-state index in [9.17, 15) is 0 Å². The minimum atomic E-state index is 0.151. The van der Waals surface area contributed by atoms with Gasteiger partial charge in [-0.05, 0) is 31.5 Å². The SMILES string of the molecule is C1=C(CN2CCCC2)NC(NCc2ccccc2)N1. The van der Waals surface area contributed by atoms with E-state index in [4.69, 9.17) is 0 Å².